The number of carbonyl (C=O) groups excluding carboxylic acids is 1. The molecule has 2 heterocycles. The molecule has 1 amide bonds. The van der Waals surface area contributed by atoms with Crippen LogP contribution >= 0.6 is 11.6 Å². The fourth-order valence-corrected chi connectivity index (χ4v) is 4.67. The van der Waals surface area contributed by atoms with Crippen LogP contribution in [0.4, 0.5) is 5.69 Å². The second-order valence-corrected chi connectivity index (χ2v) is 9.32. The molecule has 0 unspecified atom stereocenters. The summed E-state index contributed by atoms with van der Waals surface area (Å²) in [6.07, 6.45) is 1.45. The molecule has 0 atom stereocenters. The van der Waals surface area contributed by atoms with E-state index >= 15 is 0 Å². The topological polar surface area (TPSA) is 111 Å². The van der Waals surface area contributed by atoms with Gasteiger partial charge in [-0.05, 0) is 48.5 Å². The van der Waals surface area contributed by atoms with Crippen LogP contribution < -0.4 is 10.7 Å². The van der Waals surface area contributed by atoms with Gasteiger partial charge >= 0.3 is 0 Å². The molecule has 1 fully saturated rings. The van der Waals surface area contributed by atoms with Crippen molar-refractivity contribution in [3.63, 3.8) is 0 Å². The van der Waals surface area contributed by atoms with Crippen molar-refractivity contribution in [2.75, 3.05) is 31.6 Å². The smallest absolute Gasteiger partial charge is 0.280 e. The molecule has 4 rings (SSSR count). The largest absolute Gasteiger partial charge is 0.379 e. The zero-order valence-electron chi connectivity index (χ0n) is 16.8. The Bertz CT molecular complexity index is 1290. The van der Waals surface area contributed by atoms with Crippen LogP contribution in [0.5, 0.6) is 0 Å². The molecule has 2 aromatic carbocycles. The summed E-state index contributed by atoms with van der Waals surface area (Å²) in [5.41, 5.74) is 0.117. The highest BCUT2D eigenvalue weighted by atomic mass is 35.5. The number of aromatic nitrogens is 2. The molecular formula is C21H19ClN4O5S. The second-order valence-electron chi connectivity index (χ2n) is 6.94. The van der Waals surface area contributed by atoms with Gasteiger partial charge in [0.05, 0.1) is 23.8 Å². The summed E-state index contributed by atoms with van der Waals surface area (Å²) < 4.78 is 33.3. The summed E-state index contributed by atoms with van der Waals surface area (Å²) in [4.78, 5) is 25.0. The number of carbonyl (C=O) groups is 1. The lowest BCUT2D eigenvalue weighted by Crippen LogP contribution is -2.40. The minimum Gasteiger partial charge on any atom is -0.379 e. The zero-order valence-corrected chi connectivity index (χ0v) is 18.3. The lowest BCUT2D eigenvalue weighted by molar-refractivity contribution is 0.0730. The first-order valence-electron chi connectivity index (χ1n) is 9.70. The molecular weight excluding hydrogens is 456 g/mol. The Morgan fingerprint density at radius 1 is 1.00 bits per heavy atom. The number of sulfonamides is 1. The molecule has 1 N–H and O–H groups in total. The average Bonchev–Trinajstić information content (AvgIpc) is 2.81. The minimum absolute atomic E-state index is 0.111. The minimum atomic E-state index is -3.64. The number of amides is 1. The van der Waals surface area contributed by atoms with E-state index in [2.05, 4.69) is 10.4 Å². The van der Waals surface area contributed by atoms with Crippen LogP contribution in [0, 0.1) is 0 Å². The predicted molar refractivity (Wildman–Crippen MR) is 119 cm³/mol. The fraction of sp³-hybridized carbons (Fsp3) is 0.190. The molecule has 3 aromatic rings. The van der Waals surface area contributed by atoms with Gasteiger partial charge in [-0.1, -0.05) is 11.6 Å². The number of nitrogens with one attached hydrogen (secondary N) is 1. The van der Waals surface area contributed by atoms with E-state index in [1.165, 1.54) is 45.5 Å². The fourth-order valence-electron chi connectivity index (χ4n) is 3.14. The van der Waals surface area contributed by atoms with Crippen LogP contribution in [0.3, 0.4) is 0 Å². The summed E-state index contributed by atoms with van der Waals surface area (Å²) in [5.74, 6) is -0.706. The first-order valence-corrected chi connectivity index (χ1v) is 11.5. The molecule has 166 valence electrons. The maximum atomic E-state index is 12.7. The van der Waals surface area contributed by atoms with E-state index in [1.54, 1.807) is 24.3 Å². The van der Waals surface area contributed by atoms with Gasteiger partial charge in [-0.15, -0.1) is 0 Å². The first kappa shape index (κ1) is 22.2. The lowest BCUT2D eigenvalue weighted by Gasteiger charge is -2.26. The Morgan fingerprint density at radius 3 is 2.31 bits per heavy atom. The highest BCUT2D eigenvalue weighted by molar-refractivity contribution is 7.89. The van der Waals surface area contributed by atoms with Crippen molar-refractivity contribution in [3.05, 3.63) is 81.7 Å². The normalized spacial score (nSPS) is 14.8. The molecule has 32 heavy (non-hydrogen) atoms. The number of hydrogen-bond acceptors (Lipinski definition) is 6. The number of morpholine rings is 1. The highest BCUT2D eigenvalue weighted by Crippen LogP contribution is 2.20. The molecule has 1 aliphatic rings. The quantitative estimate of drug-likeness (QED) is 0.606. The molecule has 0 bridgehead atoms. The Kier molecular flexibility index (Phi) is 6.38. The zero-order chi connectivity index (χ0) is 22.7. The van der Waals surface area contributed by atoms with Crippen LogP contribution in [0.1, 0.15) is 10.5 Å². The molecule has 0 aliphatic carbocycles. The molecule has 1 aliphatic heterocycles. The third-order valence-corrected chi connectivity index (χ3v) is 7.00. The number of anilines is 1. The molecule has 0 saturated carbocycles. The Balaban J connectivity index is 1.52. The van der Waals surface area contributed by atoms with Crippen LogP contribution in [-0.2, 0) is 14.8 Å². The van der Waals surface area contributed by atoms with Crippen LogP contribution in [0.2, 0.25) is 5.02 Å². The summed E-state index contributed by atoms with van der Waals surface area (Å²) in [6.45, 7) is 1.29. The number of rotatable bonds is 5. The summed E-state index contributed by atoms with van der Waals surface area (Å²) in [6, 6.07) is 13.7. The maximum Gasteiger partial charge on any atom is 0.280 e. The Hall–Kier alpha value is -3.05. The molecule has 1 aromatic heterocycles. The van der Waals surface area contributed by atoms with Crippen molar-refractivity contribution in [3.8, 4) is 5.69 Å². The van der Waals surface area contributed by atoms with Crippen LogP contribution in [-0.4, -0.2) is 54.7 Å². The number of ether oxygens (including phenoxy) is 1. The van der Waals surface area contributed by atoms with Crippen LogP contribution in [0.25, 0.3) is 5.69 Å². The van der Waals surface area contributed by atoms with E-state index in [4.69, 9.17) is 16.3 Å². The number of hydrogen-bond donors (Lipinski definition) is 1. The molecule has 1 saturated heterocycles. The van der Waals surface area contributed by atoms with E-state index in [0.717, 1.165) is 0 Å². The van der Waals surface area contributed by atoms with Gasteiger partial charge < -0.3 is 10.1 Å². The summed E-state index contributed by atoms with van der Waals surface area (Å²) in [7, 11) is -3.64. The number of halogens is 1. The summed E-state index contributed by atoms with van der Waals surface area (Å²) in [5, 5.41) is 7.25. The molecule has 0 spiro atoms. The Labute approximate surface area is 189 Å². The van der Waals surface area contributed by atoms with Crippen molar-refractivity contribution >= 4 is 33.2 Å². The average molecular weight is 475 g/mol. The third-order valence-electron chi connectivity index (χ3n) is 4.83. The number of nitrogens with zero attached hydrogens (tertiary/aromatic N) is 3. The van der Waals surface area contributed by atoms with Crippen molar-refractivity contribution in [2.45, 2.75) is 4.90 Å². The standard InChI is InChI=1S/C21H19ClN4O5S/c22-15-1-5-17(6-2-15)26-10-9-19(27)20(24-26)21(28)23-16-3-7-18(8-4-16)32(29,30)25-11-13-31-14-12-25/h1-10H,11-14H2,(H,23,28). The monoisotopic (exact) mass is 474 g/mol. The Morgan fingerprint density at radius 2 is 1.66 bits per heavy atom. The summed E-state index contributed by atoms with van der Waals surface area (Å²) >= 11 is 5.89. The van der Waals surface area contributed by atoms with Crippen molar-refractivity contribution < 1.29 is 17.9 Å². The molecule has 0 radical (unpaired) electrons. The number of benzene rings is 2. The second kappa shape index (κ2) is 9.21. The van der Waals surface area contributed by atoms with Crippen LogP contribution in [0.15, 0.2) is 70.5 Å². The van der Waals surface area contributed by atoms with Gasteiger partial charge in [0.15, 0.2) is 5.69 Å². The van der Waals surface area contributed by atoms with Gasteiger partial charge in [0.1, 0.15) is 0 Å². The SMILES string of the molecule is O=C(Nc1ccc(S(=O)(=O)N2CCOCC2)cc1)c1nn(-c2ccc(Cl)cc2)ccc1=O. The highest BCUT2D eigenvalue weighted by Gasteiger charge is 2.26. The predicted octanol–water partition coefficient (Wildman–Crippen LogP) is 2.16. The van der Waals surface area contributed by atoms with E-state index in [1.807, 2.05) is 0 Å². The van der Waals surface area contributed by atoms with Gasteiger partial charge in [-0.3, -0.25) is 9.59 Å². The van der Waals surface area contributed by atoms with Crippen molar-refractivity contribution in [1.82, 2.24) is 14.1 Å². The third kappa shape index (κ3) is 4.73. The van der Waals surface area contributed by atoms with E-state index < -0.39 is 21.4 Å². The maximum absolute atomic E-state index is 12.7. The van der Waals surface area contributed by atoms with E-state index in [0.29, 0.717) is 42.7 Å². The van der Waals surface area contributed by atoms with Crippen molar-refractivity contribution in [2.24, 2.45) is 0 Å². The first-order chi connectivity index (χ1) is 15.3. The van der Waals surface area contributed by atoms with Gasteiger partial charge in [-0.25, -0.2) is 13.1 Å². The van der Waals surface area contributed by atoms with Gasteiger partial charge in [0, 0.05) is 36.1 Å². The van der Waals surface area contributed by atoms with Crippen molar-refractivity contribution in [1.29, 1.82) is 0 Å². The van der Waals surface area contributed by atoms with Gasteiger partial charge in [0.2, 0.25) is 15.5 Å². The molecule has 11 heteroatoms. The molecule has 9 nitrogen and oxygen atoms in total. The van der Waals surface area contributed by atoms with E-state index in [9.17, 15) is 18.0 Å². The lowest BCUT2D eigenvalue weighted by atomic mass is 10.3. The van der Waals surface area contributed by atoms with Gasteiger partial charge in [0.25, 0.3) is 5.91 Å². The van der Waals surface area contributed by atoms with Gasteiger partial charge in [-0.2, -0.15) is 9.40 Å². The van der Waals surface area contributed by atoms with E-state index in [-0.39, 0.29) is 10.6 Å².